The van der Waals surface area contributed by atoms with E-state index in [0.29, 0.717) is 17.4 Å². The van der Waals surface area contributed by atoms with Crippen LogP contribution >= 0.6 is 23.4 Å². The molecule has 1 amide bonds. The number of carbonyl (C=O) groups is 1. The fourth-order valence-electron chi connectivity index (χ4n) is 1.65. The highest BCUT2D eigenvalue weighted by Gasteiger charge is 2.19. The van der Waals surface area contributed by atoms with E-state index in [2.05, 4.69) is 10.1 Å². The molecule has 2 aromatic rings. The number of thioether (sulfide) groups is 1. The highest BCUT2D eigenvalue weighted by Crippen LogP contribution is 2.27. The van der Waals surface area contributed by atoms with Gasteiger partial charge in [-0.3, -0.25) is 14.7 Å². The van der Waals surface area contributed by atoms with Crippen LogP contribution in [0.3, 0.4) is 0 Å². The number of hydrogen-bond donors (Lipinski definition) is 0. The van der Waals surface area contributed by atoms with Crippen molar-refractivity contribution < 1.29 is 4.79 Å². The summed E-state index contributed by atoms with van der Waals surface area (Å²) in [7, 11) is 0. The fourth-order valence-corrected chi connectivity index (χ4v) is 2.33. The van der Waals surface area contributed by atoms with E-state index < -0.39 is 0 Å². The maximum absolute atomic E-state index is 11.8. The van der Waals surface area contributed by atoms with Gasteiger partial charge in [0, 0.05) is 12.7 Å². The lowest BCUT2D eigenvalue weighted by atomic mass is 10.4. The molecule has 2 rings (SSSR count). The van der Waals surface area contributed by atoms with Crippen LogP contribution in [0, 0.1) is 0 Å². The molecule has 0 saturated carbocycles. The van der Waals surface area contributed by atoms with Crippen LogP contribution < -0.4 is 4.90 Å². The van der Waals surface area contributed by atoms with Crippen LogP contribution in [0.1, 0.15) is 6.92 Å². The first-order valence-corrected chi connectivity index (χ1v) is 7.28. The highest BCUT2D eigenvalue weighted by molar-refractivity contribution is 8.13. The third kappa shape index (κ3) is 2.90. The second-order valence-electron chi connectivity index (χ2n) is 3.68. The van der Waals surface area contributed by atoms with Crippen molar-refractivity contribution in [2.45, 2.75) is 6.92 Å². The predicted octanol–water partition coefficient (Wildman–Crippen LogP) is 3.23. The molecule has 0 spiro atoms. The Kier molecular flexibility index (Phi) is 4.44. The number of aromatic nitrogens is 3. The van der Waals surface area contributed by atoms with Crippen molar-refractivity contribution in [3.05, 3.63) is 35.9 Å². The van der Waals surface area contributed by atoms with Crippen molar-refractivity contribution in [1.29, 1.82) is 0 Å². The fraction of sp³-hybridized carbons (Fsp3) is 0.250. The van der Waals surface area contributed by atoms with Gasteiger partial charge in [-0.25, -0.2) is 4.68 Å². The maximum Gasteiger partial charge on any atom is 0.285 e. The monoisotopic (exact) mass is 296 g/mol. The van der Waals surface area contributed by atoms with Gasteiger partial charge < -0.3 is 0 Å². The van der Waals surface area contributed by atoms with E-state index in [1.165, 1.54) is 0 Å². The molecule has 0 saturated heterocycles. The number of carbonyl (C=O) groups excluding carboxylic acids is 1. The Balaban J connectivity index is 2.38. The lowest BCUT2D eigenvalue weighted by Crippen LogP contribution is -2.26. The van der Waals surface area contributed by atoms with Gasteiger partial charge in [0.05, 0.1) is 18.1 Å². The van der Waals surface area contributed by atoms with E-state index in [4.69, 9.17) is 11.6 Å². The summed E-state index contributed by atoms with van der Waals surface area (Å²) in [6, 6.07) is 3.68. The van der Waals surface area contributed by atoms with E-state index in [0.717, 1.165) is 17.4 Å². The molecular weight excluding hydrogens is 284 g/mol. The second-order valence-corrected chi connectivity index (χ2v) is 4.79. The molecule has 0 bridgehead atoms. The molecule has 2 heterocycles. The third-order valence-corrected chi connectivity index (χ3v) is 3.40. The Hall–Kier alpha value is -1.53. The van der Waals surface area contributed by atoms with Crippen molar-refractivity contribution in [2.24, 2.45) is 0 Å². The van der Waals surface area contributed by atoms with Crippen molar-refractivity contribution in [3.8, 4) is 5.69 Å². The molecule has 0 atom stereocenters. The molecule has 0 N–H and O–H groups in total. The Morgan fingerprint density at radius 3 is 2.95 bits per heavy atom. The van der Waals surface area contributed by atoms with Crippen molar-refractivity contribution >= 4 is 34.3 Å². The van der Waals surface area contributed by atoms with Crippen LogP contribution in [-0.2, 0) is 0 Å². The summed E-state index contributed by atoms with van der Waals surface area (Å²) in [6.07, 6.45) is 6.84. The van der Waals surface area contributed by atoms with Crippen molar-refractivity contribution in [2.75, 3.05) is 17.7 Å². The van der Waals surface area contributed by atoms with Gasteiger partial charge in [-0.05, 0) is 25.3 Å². The van der Waals surface area contributed by atoms with Crippen molar-refractivity contribution in [1.82, 2.24) is 14.8 Å². The summed E-state index contributed by atoms with van der Waals surface area (Å²) in [4.78, 5) is 17.4. The quantitative estimate of drug-likeness (QED) is 0.872. The minimum Gasteiger partial charge on any atom is -0.299 e. The molecule has 2 aromatic heterocycles. The number of hydrogen-bond acceptors (Lipinski definition) is 4. The third-order valence-electron chi connectivity index (χ3n) is 2.56. The molecule has 0 aliphatic rings. The summed E-state index contributed by atoms with van der Waals surface area (Å²) in [5.74, 6) is 0. The Bertz CT molecular complexity index is 572. The molecule has 7 heteroatoms. The Morgan fingerprint density at radius 2 is 2.37 bits per heavy atom. The minimum atomic E-state index is -0.0601. The topological polar surface area (TPSA) is 51.0 Å². The number of pyridine rings is 1. The Labute approximate surface area is 120 Å². The van der Waals surface area contributed by atoms with Gasteiger partial charge in [0.1, 0.15) is 5.69 Å². The van der Waals surface area contributed by atoms with Crippen LogP contribution in [-0.4, -0.2) is 32.8 Å². The molecule has 0 aliphatic heterocycles. The molecule has 0 unspecified atom stereocenters. The molecule has 0 radical (unpaired) electrons. The smallest absolute Gasteiger partial charge is 0.285 e. The Morgan fingerprint density at radius 1 is 1.58 bits per heavy atom. The average molecular weight is 297 g/mol. The summed E-state index contributed by atoms with van der Waals surface area (Å²) in [5.41, 5.74) is 1.40. The zero-order valence-electron chi connectivity index (χ0n) is 10.6. The molecular formula is C12H13ClN4OS. The van der Waals surface area contributed by atoms with Crippen LogP contribution in [0.25, 0.3) is 5.69 Å². The lowest BCUT2D eigenvalue weighted by Gasteiger charge is -2.17. The van der Waals surface area contributed by atoms with Gasteiger partial charge in [0.15, 0.2) is 5.15 Å². The molecule has 0 aromatic carbocycles. The summed E-state index contributed by atoms with van der Waals surface area (Å²) in [5, 5.41) is 4.44. The number of amides is 1. The molecule has 0 fully saturated rings. The summed E-state index contributed by atoms with van der Waals surface area (Å²) >= 11 is 7.26. The van der Waals surface area contributed by atoms with Crippen LogP contribution in [0.5, 0.6) is 0 Å². The average Bonchev–Trinajstić information content (AvgIpc) is 2.82. The van der Waals surface area contributed by atoms with Crippen LogP contribution in [0.4, 0.5) is 10.5 Å². The van der Waals surface area contributed by atoms with Gasteiger partial charge in [-0.2, -0.15) is 5.10 Å². The lowest BCUT2D eigenvalue weighted by molar-refractivity contribution is 0.265. The minimum absolute atomic E-state index is 0.0601. The maximum atomic E-state index is 11.8. The van der Waals surface area contributed by atoms with Gasteiger partial charge in [-0.15, -0.1) is 0 Å². The predicted molar refractivity (Wildman–Crippen MR) is 78.3 cm³/mol. The zero-order chi connectivity index (χ0) is 13.8. The number of halogens is 1. The normalized spacial score (nSPS) is 10.5. The first kappa shape index (κ1) is 13.9. The number of anilines is 1. The van der Waals surface area contributed by atoms with Crippen LogP contribution in [0.15, 0.2) is 30.7 Å². The summed E-state index contributed by atoms with van der Waals surface area (Å²) < 4.78 is 1.61. The zero-order valence-corrected chi connectivity index (χ0v) is 12.1. The number of rotatable bonds is 3. The first-order chi connectivity index (χ1) is 9.17. The van der Waals surface area contributed by atoms with Gasteiger partial charge in [-0.1, -0.05) is 23.4 Å². The van der Waals surface area contributed by atoms with Gasteiger partial charge in [0.25, 0.3) is 5.24 Å². The largest absolute Gasteiger partial charge is 0.299 e. The summed E-state index contributed by atoms with van der Waals surface area (Å²) in [6.45, 7) is 2.43. The number of nitrogens with zero attached hydrogens (tertiary/aromatic N) is 4. The van der Waals surface area contributed by atoms with E-state index in [1.807, 2.05) is 19.1 Å². The highest BCUT2D eigenvalue weighted by atomic mass is 35.5. The molecule has 100 valence electrons. The van der Waals surface area contributed by atoms with E-state index in [1.54, 1.807) is 34.4 Å². The molecule has 19 heavy (non-hydrogen) atoms. The first-order valence-electron chi connectivity index (χ1n) is 5.68. The van der Waals surface area contributed by atoms with Gasteiger partial charge >= 0.3 is 0 Å². The van der Waals surface area contributed by atoms with E-state index >= 15 is 0 Å². The van der Waals surface area contributed by atoms with Crippen LogP contribution in [0.2, 0.25) is 5.15 Å². The SMILES string of the molecule is CCN(C(=O)SC)c1cn(-c2cccnc2)nc1Cl. The van der Waals surface area contributed by atoms with E-state index in [9.17, 15) is 4.79 Å². The van der Waals surface area contributed by atoms with Gasteiger partial charge in [0.2, 0.25) is 0 Å². The standard InChI is InChI=1S/C12H13ClN4OS/c1-3-16(12(18)19-2)10-8-17(15-11(10)13)9-5-4-6-14-7-9/h4-8H,3H2,1-2H3. The van der Waals surface area contributed by atoms with E-state index in [-0.39, 0.29) is 5.24 Å². The van der Waals surface area contributed by atoms with Crippen molar-refractivity contribution in [3.63, 3.8) is 0 Å². The second kappa shape index (κ2) is 6.08. The molecule has 0 aliphatic carbocycles. The molecule has 5 nitrogen and oxygen atoms in total.